The molecule has 2 rings (SSSR count). The number of sulfonamides is 1. The number of ether oxygens (including phenoxy) is 3. The number of benzene rings is 2. The van der Waals surface area contributed by atoms with Gasteiger partial charge in [0.2, 0.25) is 21.8 Å². The van der Waals surface area contributed by atoms with Gasteiger partial charge < -0.3 is 24.4 Å². The van der Waals surface area contributed by atoms with Crippen molar-refractivity contribution in [1.82, 2.24) is 10.2 Å². The number of anilines is 1. The molecular formula is C26H37N3O7S. The average Bonchev–Trinajstić information content (AvgIpc) is 2.88. The first-order valence-corrected chi connectivity index (χ1v) is 13.7. The first-order valence-electron chi connectivity index (χ1n) is 11.9. The van der Waals surface area contributed by atoms with E-state index in [-0.39, 0.29) is 29.9 Å². The summed E-state index contributed by atoms with van der Waals surface area (Å²) >= 11 is 0. The van der Waals surface area contributed by atoms with Crippen LogP contribution in [0.5, 0.6) is 17.2 Å². The van der Waals surface area contributed by atoms with Gasteiger partial charge >= 0.3 is 0 Å². The molecule has 2 aromatic rings. The number of nitrogens with one attached hydrogen (secondary N) is 1. The van der Waals surface area contributed by atoms with E-state index >= 15 is 0 Å². The van der Waals surface area contributed by atoms with Crippen molar-refractivity contribution in [2.45, 2.75) is 45.8 Å². The van der Waals surface area contributed by atoms with Gasteiger partial charge in [-0.25, -0.2) is 8.42 Å². The Kier molecular flexibility index (Phi) is 10.6. The standard InChI is InChI=1S/C26H37N3O7S/c1-8-18(2)27-26(31)19(3)28(16-20-9-11-21(34-4)12-10-20)25(30)17-29(37(7,32)33)23-15-22(35-5)13-14-24(23)36-6/h9-15,18-19H,8,16-17H2,1-7H3,(H,27,31)/t18-,19+/m0/s1. The lowest BCUT2D eigenvalue weighted by molar-refractivity contribution is -0.139. The summed E-state index contributed by atoms with van der Waals surface area (Å²) in [4.78, 5) is 28.1. The molecule has 11 heteroatoms. The summed E-state index contributed by atoms with van der Waals surface area (Å²) in [5, 5.41) is 2.90. The van der Waals surface area contributed by atoms with E-state index in [1.165, 1.54) is 25.2 Å². The third kappa shape index (κ3) is 8.01. The molecule has 0 heterocycles. The maximum absolute atomic E-state index is 13.7. The number of carbonyl (C=O) groups is 2. The molecule has 0 bridgehead atoms. The molecule has 2 aromatic carbocycles. The molecule has 0 saturated heterocycles. The van der Waals surface area contributed by atoms with Crippen LogP contribution in [0, 0.1) is 0 Å². The second-order valence-electron chi connectivity index (χ2n) is 8.67. The van der Waals surface area contributed by atoms with E-state index in [9.17, 15) is 18.0 Å². The van der Waals surface area contributed by atoms with E-state index in [0.717, 1.165) is 22.5 Å². The largest absolute Gasteiger partial charge is 0.497 e. The van der Waals surface area contributed by atoms with E-state index in [1.807, 2.05) is 13.8 Å². The van der Waals surface area contributed by atoms with Gasteiger partial charge in [-0.1, -0.05) is 19.1 Å². The fourth-order valence-electron chi connectivity index (χ4n) is 3.56. The lowest BCUT2D eigenvalue weighted by atomic mass is 10.1. The quantitative estimate of drug-likeness (QED) is 0.419. The zero-order valence-electron chi connectivity index (χ0n) is 22.5. The Bertz CT molecular complexity index is 1170. The second-order valence-corrected chi connectivity index (χ2v) is 10.6. The Morgan fingerprint density at radius 2 is 1.54 bits per heavy atom. The maximum Gasteiger partial charge on any atom is 0.244 e. The Morgan fingerprint density at radius 3 is 2.05 bits per heavy atom. The lowest BCUT2D eigenvalue weighted by Gasteiger charge is -2.32. The Labute approximate surface area is 219 Å². The average molecular weight is 536 g/mol. The molecule has 2 atom stereocenters. The van der Waals surface area contributed by atoms with Crippen LogP contribution in [-0.4, -0.2) is 71.3 Å². The van der Waals surface area contributed by atoms with Gasteiger partial charge in [-0.2, -0.15) is 0 Å². The van der Waals surface area contributed by atoms with Gasteiger partial charge in [0.1, 0.15) is 29.8 Å². The van der Waals surface area contributed by atoms with Crippen molar-refractivity contribution < 1.29 is 32.2 Å². The zero-order valence-corrected chi connectivity index (χ0v) is 23.3. The van der Waals surface area contributed by atoms with Crippen LogP contribution in [-0.2, 0) is 26.2 Å². The monoisotopic (exact) mass is 535 g/mol. The highest BCUT2D eigenvalue weighted by Crippen LogP contribution is 2.34. The highest BCUT2D eigenvalue weighted by molar-refractivity contribution is 7.92. The van der Waals surface area contributed by atoms with E-state index < -0.39 is 28.5 Å². The SMILES string of the molecule is CC[C@H](C)NC(=O)[C@@H](C)N(Cc1ccc(OC)cc1)C(=O)CN(c1cc(OC)ccc1OC)S(C)(=O)=O. The summed E-state index contributed by atoms with van der Waals surface area (Å²) in [6, 6.07) is 10.8. The van der Waals surface area contributed by atoms with Crippen LogP contribution >= 0.6 is 0 Å². The minimum Gasteiger partial charge on any atom is -0.497 e. The highest BCUT2D eigenvalue weighted by Gasteiger charge is 2.31. The van der Waals surface area contributed by atoms with Crippen LogP contribution in [0.3, 0.4) is 0 Å². The Morgan fingerprint density at radius 1 is 0.946 bits per heavy atom. The van der Waals surface area contributed by atoms with Crippen molar-refractivity contribution >= 4 is 27.5 Å². The van der Waals surface area contributed by atoms with Crippen molar-refractivity contribution in [3.8, 4) is 17.2 Å². The molecule has 0 unspecified atom stereocenters. The Balaban J connectivity index is 2.47. The number of carbonyl (C=O) groups excluding carboxylic acids is 2. The van der Waals surface area contributed by atoms with Gasteiger partial charge in [-0.05, 0) is 50.1 Å². The van der Waals surface area contributed by atoms with Crippen LogP contribution in [0.15, 0.2) is 42.5 Å². The molecule has 2 amide bonds. The molecule has 0 aliphatic rings. The number of rotatable bonds is 13. The van der Waals surface area contributed by atoms with Crippen molar-refractivity contribution in [3.63, 3.8) is 0 Å². The van der Waals surface area contributed by atoms with Crippen molar-refractivity contribution in [3.05, 3.63) is 48.0 Å². The van der Waals surface area contributed by atoms with E-state index in [1.54, 1.807) is 50.4 Å². The van der Waals surface area contributed by atoms with Gasteiger partial charge in [0.15, 0.2) is 0 Å². The van der Waals surface area contributed by atoms with Crippen molar-refractivity contribution in [1.29, 1.82) is 0 Å². The maximum atomic E-state index is 13.7. The van der Waals surface area contributed by atoms with Gasteiger partial charge in [0.25, 0.3) is 0 Å². The van der Waals surface area contributed by atoms with Gasteiger partial charge in [0, 0.05) is 18.7 Å². The molecule has 0 saturated carbocycles. The number of nitrogens with zero attached hydrogens (tertiary/aromatic N) is 2. The summed E-state index contributed by atoms with van der Waals surface area (Å²) < 4.78 is 42.4. The minimum absolute atomic E-state index is 0.0820. The smallest absolute Gasteiger partial charge is 0.244 e. The summed E-state index contributed by atoms with van der Waals surface area (Å²) in [5.41, 5.74) is 0.904. The third-order valence-corrected chi connectivity index (χ3v) is 7.14. The van der Waals surface area contributed by atoms with Crippen LogP contribution < -0.4 is 23.8 Å². The normalized spacial score (nSPS) is 12.7. The van der Waals surface area contributed by atoms with Crippen molar-refractivity contribution in [2.24, 2.45) is 0 Å². The Hall–Kier alpha value is -3.47. The molecule has 0 spiro atoms. The predicted octanol–water partition coefficient (Wildman–Crippen LogP) is 2.81. The number of hydrogen-bond donors (Lipinski definition) is 1. The van der Waals surface area contributed by atoms with Gasteiger partial charge in [0.05, 0.1) is 33.3 Å². The molecule has 204 valence electrons. The fourth-order valence-corrected chi connectivity index (χ4v) is 4.41. The lowest BCUT2D eigenvalue weighted by Crippen LogP contribution is -2.52. The first-order chi connectivity index (χ1) is 17.4. The van der Waals surface area contributed by atoms with Crippen LogP contribution in [0.4, 0.5) is 5.69 Å². The topological polar surface area (TPSA) is 114 Å². The number of methoxy groups -OCH3 is 3. The molecule has 0 fully saturated rings. The summed E-state index contributed by atoms with van der Waals surface area (Å²) in [6.45, 7) is 4.99. The molecule has 0 radical (unpaired) electrons. The van der Waals surface area contributed by atoms with E-state index in [4.69, 9.17) is 14.2 Å². The minimum atomic E-state index is -3.92. The number of hydrogen-bond acceptors (Lipinski definition) is 7. The third-order valence-electron chi connectivity index (χ3n) is 6.01. The molecule has 1 N–H and O–H groups in total. The summed E-state index contributed by atoms with van der Waals surface area (Å²) in [6.07, 6.45) is 1.73. The van der Waals surface area contributed by atoms with Crippen molar-refractivity contribution in [2.75, 3.05) is 38.4 Å². The second kappa shape index (κ2) is 13.2. The summed E-state index contributed by atoms with van der Waals surface area (Å²) in [7, 11) is 0.494. The first kappa shape index (κ1) is 29.8. The van der Waals surface area contributed by atoms with Gasteiger partial charge in [-0.15, -0.1) is 0 Å². The highest BCUT2D eigenvalue weighted by atomic mass is 32.2. The molecule has 10 nitrogen and oxygen atoms in total. The molecular weight excluding hydrogens is 498 g/mol. The molecule has 0 aromatic heterocycles. The van der Waals surface area contributed by atoms with Crippen LogP contribution in [0.2, 0.25) is 0 Å². The predicted molar refractivity (Wildman–Crippen MR) is 143 cm³/mol. The molecule has 37 heavy (non-hydrogen) atoms. The zero-order chi connectivity index (χ0) is 27.8. The van der Waals surface area contributed by atoms with Crippen LogP contribution in [0.25, 0.3) is 0 Å². The van der Waals surface area contributed by atoms with Gasteiger partial charge in [-0.3, -0.25) is 13.9 Å². The number of amides is 2. The molecule has 0 aliphatic carbocycles. The summed E-state index contributed by atoms with van der Waals surface area (Å²) in [5.74, 6) is 0.410. The van der Waals surface area contributed by atoms with E-state index in [2.05, 4.69) is 5.32 Å². The fraction of sp³-hybridized carbons (Fsp3) is 0.462. The van der Waals surface area contributed by atoms with Crippen LogP contribution in [0.1, 0.15) is 32.8 Å². The molecule has 0 aliphatic heterocycles. The van der Waals surface area contributed by atoms with E-state index in [0.29, 0.717) is 11.5 Å².